The van der Waals surface area contributed by atoms with Gasteiger partial charge in [0.05, 0.1) is 5.02 Å². The number of fused-ring (bicyclic) bond motifs is 1. The predicted molar refractivity (Wildman–Crippen MR) is 48.7 cm³/mol. The van der Waals surface area contributed by atoms with E-state index in [1.54, 1.807) is 6.07 Å². The van der Waals surface area contributed by atoms with Gasteiger partial charge in [-0.05, 0) is 18.1 Å². The van der Waals surface area contributed by atoms with E-state index in [-0.39, 0.29) is 11.7 Å². The normalized spacial score (nSPS) is 21.2. The Hall–Kier alpha value is -0.820. The number of benzene rings is 1. The van der Waals surface area contributed by atoms with Crippen molar-refractivity contribution in [3.05, 3.63) is 34.3 Å². The monoisotopic (exact) mass is 180 g/mol. The van der Waals surface area contributed by atoms with Crippen LogP contribution in [0.3, 0.4) is 0 Å². The van der Waals surface area contributed by atoms with Crippen LogP contribution in [0.5, 0.6) is 0 Å². The fourth-order valence-electron chi connectivity index (χ4n) is 1.68. The van der Waals surface area contributed by atoms with Crippen molar-refractivity contribution in [3.63, 3.8) is 0 Å². The molecule has 1 aromatic rings. The van der Waals surface area contributed by atoms with Gasteiger partial charge in [-0.2, -0.15) is 0 Å². The van der Waals surface area contributed by atoms with Gasteiger partial charge < -0.3 is 0 Å². The highest BCUT2D eigenvalue weighted by molar-refractivity contribution is 6.34. The van der Waals surface area contributed by atoms with Gasteiger partial charge in [0.2, 0.25) is 0 Å². The maximum atomic E-state index is 11.5. The highest BCUT2D eigenvalue weighted by atomic mass is 35.5. The zero-order chi connectivity index (χ0) is 8.72. The highest BCUT2D eigenvalue weighted by Crippen LogP contribution is 2.31. The molecule has 1 aromatic carbocycles. The topological polar surface area (TPSA) is 17.1 Å². The van der Waals surface area contributed by atoms with Crippen molar-refractivity contribution in [2.45, 2.75) is 13.3 Å². The van der Waals surface area contributed by atoms with Gasteiger partial charge >= 0.3 is 0 Å². The van der Waals surface area contributed by atoms with E-state index < -0.39 is 0 Å². The lowest BCUT2D eigenvalue weighted by atomic mass is 10.1. The van der Waals surface area contributed by atoms with Crippen LogP contribution in [0.4, 0.5) is 0 Å². The van der Waals surface area contributed by atoms with Gasteiger partial charge in [0, 0.05) is 11.5 Å². The number of halogens is 1. The summed E-state index contributed by atoms with van der Waals surface area (Å²) in [6.45, 7) is 1.94. The minimum atomic E-state index is 0.111. The number of ketones is 1. The van der Waals surface area contributed by atoms with Gasteiger partial charge in [-0.1, -0.05) is 30.7 Å². The second kappa shape index (κ2) is 2.60. The molecular formula is C10H9ClO. The zero-order valence-corrected chi connectivity index (χ0v) is 7.56. The van der Waals surface area contributed by atoms with E-state index >= 15 is 0 Å². The summed E-state index contributed by atoms with van der Waals surface area (Å²) in [7, 11) is 0. The average molecular weight is 181 g/mol. The van der Waals surface area contributed by atoms with E-state index in [2.05, 4.69) is 0 Å². The van der Waals surface area contributed by atoms with Crippen LogP contribution < -0.4 is 0 Å². The van der Waals surface area contributed by atoms with Crippen molar-refractivity contribution in [3.8, 4) is 0 Å². The van der Waals surface area contributed by atoms with Crippen LogP contribution in [0.25, 0.3) is 0 Å². The lowest BCUT2D eigenvalue weighted by Crippen LogP contribution is -2.03. The maximum Gasteiger partial charge on any atom is 0.167 e. The summed E-state index contributed by atoms with van der Waals surface area (Å²) in [4.78, 5) is 11.5. The minimum absolute atomic E-state index is 0.111. The maximum absolute atomic E-state index is 11.5. The number of carbonyl (C=O) groups is 1. The molecule has 0 N–H and O–H groups in total. The molecule has 0 bridgehead atoms. The minimum Gasteiger partial charge on any atom is -0.294 e. The second-order valence-electron chi connectivity index (χ2n) is 3.24. The van der Waals surface area contributed by atoms with E-state index in [0.29, 0.717) is 5.02 Å². The molecule has 1 aliphatic carbocycles. The van der Waals surface area contributed by atoms with E-state index in [0.717, 1.165) is 17.5 Å². The van der Waals surface area contributed by atoms with Crippen molar-refractivity contribution in [1.82, 2.24) is 0 Å². The van der Waals surface area contributed by atoms with Gasteiger partial charge in [0.15, 0.2) is 5.78 Å². The number of hydrogen-bond donors (Lipinski definition) is 0. The summed E-state index contributed by atoms with van der Waals surface area (Å²) in [6, 6.07) is 5.64. The lowest BCUT2D eigenvalue weighted by molar-refractivity contribution is 0.0946. The molecule has 62 valence electrons. The molecule has 1 atom stereocenters. The van der Waals surface area contributed by atoms with Crippen LogP contribution in [-0.2, 0) is 6.42 Å². The molecule has 0 saturated heterocycles. The Labute approximate surface area is 76.4 Å². The summed E-state index contributed by atoms with van der Waals surface area (Å²) in [6.07, 6.45) is 0.842. The van der Waals surface area contributed by atoms with Crippen LogP contribution in [0, 0.1) is 5.92 Å². The van der Waals surface area contributed by atoms with Gasteiger partial charge in [-0.3, -0.25) is 4.79 Å². The second-order valence-corrected chi connectivity index (χ2v) is 3.65. The molecule has 0 spiro atoms. The Bertz CT molecular complexity index is 344. The fraction of sp³-hybridized carbons (Fsp3) is 0.300. The first-order chi connectivity index (χ1) is 5.70. The third-order valence-corrected chi connectivity index (χ3v) is 2.63. The van der Waals surface area contributed by atoms with Crippen molar-refractivity contribution >= 4 is 17.4 Å². The molecule has 0 saturated carbocycles. The lowest BCUT2D eigenvalue weighted by Gasteiger charge is -1.98. The molecule has 2 rings (SSSR count). The SMILES string of the molecule is CC1Cc2cccc(Cl)c2C1=O. The van der Waals surface area contributed by atoms with Gasteiger partial charge in [-0.15, -0.1) is 0 Å². The molecule has 1 nitrogen and oxygen atoms in total. The van der Waals surface area contributed by atoms with E-state index in [1.807, 2.05) is 19.1 Å². The fourth-order valence-corrected chi connectivity index (χ4v) is 1.97. The Morgan fingerprint density at radius 2 is 2.25 bits per heavy atom. The first kappa shape index (κ1) is 7.81. The molecule has 0 aliphatic heterocycles. The van der Waals surface area contributed by atoms with Crippen LogP contribution in [0.15, 0.2) is 18.2 Å². The number of rotatable bonds is 0. The highest BCUT2D eigenvalue weighted by Gasteiger charge is 2.28. The summed E-state index contributed by atoms with van der Waals surface area (Å²) < 4.78 is 0. The Kier molecular flexibility index (Phi) is 1.69. The first-order valence-corrected chi connectivity index (χ1v) is 4.39. The number of carbonyl (C=O) groups excluding carboxylic acids is 1. The molecule has 2 heteroatoms. The molecular weight excluding hydrogens is 172 g/mol. The molecule has 12 heavy (non-hydrogen) atoms. The Morgan fingerprint density at radius 3 is 2.92 bits per heavy atom. The summed E-state index contributed by atoms with van der Waals surface area (Å²) >= 11 is 5.91. The zero-order valence-electron chi connectivity index (χ0n) is 6.80. The summed E-state index contributed by atoms with van der Waals surface area (Å²) in [5.41, 5.74) is 1.84. The van der Waals surface area contributed by atoms with Crippen molar-refractivity contribution in [2.75, 3.05) is 0 Å². The Balaban J connectivity index is 2.62. The number of hydrogen-bond acceptors (Lipinski definition) is 1. The average Bonchev–Trinajstić information content (AvgIpc) is 2.29. The summed E-state index contributed by atoms with van der Waals surface area (Å²) in [5, 5.41) is 0.599. The molecule has 0 radical (unpaired) electrons. The Morgan fingerprint density at radius 1 is 1.50 bits per heavy atom. The van der Waals surface area contributed by atoms with Crippen LogP contribution in [-0.4, -0.2) is 5.78 Å². The molecule has 0 aromatic heterocycles. The van der Waals surface area contributed by atoms with Crippen LogP contribution >= 0.6 is 11.6 Å². The van der Waals surface area contributed by atoms with E-state index in [4.69, 9.17) is 11.6 Å². The third kappa shape index (κ3) is 0.969. The predicted octanol–water partition coefficient (Wildman–Crippen LogP) is 2.71. The van der Waals surface area contributed by atoms with Gasteiger partial charge in [0.25, 0.3) is 0 Å². The van der Waals surface area contributed by atoms with E-state index in [1.165, 1.54) is 0 Å². The molecule has 0 heterocycles. The number of Topliss-reactive ketones (excluding diaryl/α,β-unsaturated/α-hetero) is 1. The molecule has 0 fully saturated rings. The standard InChI is InChI=1S/C10H9ClO/c1-6-5-7-3-2-4-8(11)9(7)10(6)12/h2-4,6H,5H2,1H3. The van der Waals surface area contributed by atoms with Gasteiger partial charge in [0.1, 0.15) is 0 Å². The first-order valence-electron chi connectivity index (χ1n) is 4.01. The van der Waals surface area contributed by atoms with E-state index in [9.17, 15) is 4.79 Å². The molecule has 0 amide bonds. The van der Waals surface area contributed by atoms with Crippen molar-refractivity contribution < 1.29 is 4.79 Å². The largest absolute Gasteiger partial charge is 0.294 e. The molecule has 1 aliphatic rings. The summed E-state index contributed by atoms with van der Waals surface area (Å²) in [5.74, 6) is 0.301. The van der Waals surface area contributed by atoms with Crippen molar-refractivity contribution in [2.24, 2.45) is 5.92 Å². The molecule has 1 unspecified atom stereocenters. The van der Waals surface area contributed by atoms with Crippen LogP contribution in [0.1, 0.15) is 22.8 Å². The van der Waals surface area contributed by atoms with Gasteiger partial charge in [-0.25, -0.2) is 0 Å². The third-order valence-electron chi connectivity index (χ3n) is 2.32. The van der Waals surface area contributed by atoms with Crippen molar-refractivity contribution in [1.29, 1.82) is 0 Å². The quantitative estimate of drug-likeness (QED) is 0.600. The van der Waals surface area contributed by atoms with Crippen LogP contribution in [0.2, 0.25) is 5.02 Å². The smallest absolute Gasteiger partial charge is 0.167 e.